The van der Waals surface area contributed by atoms with Gasteiger partial charge in [-0.3, -0.25) is 4.99 Å². The zero-order valence-corrected chi connectivity index (χ0v) is 17.4. The molecule has 1 atom stereocenters. The number of aliphatic hydroxyl groups is 1. The number of nitrogens with zero attached hydrogens (tertiary/aromatic N) is 1. The maximum atomic E-state index is 9.28. The lowest BCUT2D eigenvalue weighted by Gasteiger charge is -2.27. The fourth-order valence-electron chi connectivity index (χ4n) is 2.92. The third kappa shape index (κ3) is 6.99. The van der Waals surface area contributed by atoms with Crippen LogP contribution in [-0.2, 0) is 11.2 Å². The van der Waals surface area contributed by atoms with E-state index in [0.29, 0.717) is 6.61 Å². The predicted octanol–water partition coefficient (Wildman–Crippen LogP) is 1.81. The zero-order valence-electron chi connectivity index (χ0n) is 15.1. The Balaban J connectivity index is 0.00000312. The van der Waals surface area contributed by atoms with E-state index in [1.165, 1.54) is 5.56 Å². The highest BCUT2D eigenvalue weighted by Crippen LogP contribution is 2.31. The van der Waals surface area contributed by atoms with E-state index in [4.69, 9.17) is 9.47 Å². The molecule has 1 saturated heterocycles. The summed E-state index contributed by atoms with van der Waals surface area (Å²) in [6, 6.07) is 8.09. The van der Waals surface area contributed by atoms with Crippen molar-refractivity contribution in [1.82, 2.24) is 10.6 Å². The summed E-state index contributed by atoms with van der Waals surface area (Å²) < 4.78 is 10.7. The van der Waals surface area contributed by atoms with Gasteiger partial charge in [0.05, 0.1) is 13.7 Å². The molecule has 0 saturated carbocycles. The number of hydrogen-bond acceptors (Lipinski definition) is 4. The van der Waals surface area contributed by atoms with E-state index in [1.54, 1.807) is 14.2 Å². The molecule has 6 nitrogen and oxygen atoms in total. The number of aliphatic imine (C=N–C) groups is 1. The van der Waals surface area contributed by atoms with Crippen molar-refractivity contribution in [2.75, 3.05) is 47.1 Å². The Morgan fingerprint density at radius 1 is 1.32 bits per heavy atom. The Bertz CT molecular complexity index is 517. The van der Waals surface area contributed by atoms with E-state index in [2.05, 4.69) is 27.8 Å². The van der Waals surface area contributed by atoms with Crippen LogP contribution in [0.25, 0.3) is 0 Å². The molecule has 0 radical (unpaired) electrons. The molecule has 0 bridgehead atoms. The van der Waals surface area contributed by atoms with E-state index >= 15 is 0 Å². The lowest BCUT2D eigenvalue weighted by molar-refractivity contribution is 0.127. The highest BCUT2D eigenvalue weighted by Gasteiger charge is 2.34. The number of benzene rings is 1. The average Bonchev–Trinajstić information content (AvgIpc) is 3.07. The van der Waals surface area contributed by atoms with Gasteiger partial charge < -0.3 is 25.2 Å². The first-order valence-corrected chi connectivity index (χ1v) is 8.47. The van der Waals surface area contributed by atoms with Gasteiger partial charge in [0.1, 0.15) is 5.75 Å². The van der Waals surface area contributed by atoms with Gasteiger partial charge in [0.2, 0.25) is 0 Å². The van der Waals surface area contributed by atoms with Crippen LogP contribution in [0.3, 0.4) is 0 Å². The van der Waals surface area contributed by atoms with Crippen LogP contribution in [-0.4, -0.2) is 58.1 Å². The summed E-state index contributed by atoms with van der Waals surface area (Å²) in [7, 11) is 3.44. The Morgan fingerprint density at radius 2 is 2.08 bits per heavy atom. The van der Waals surface area contributed by atoms with E-state index in [1.807, 2.05) is 12.1 Å². The van der Waals surface area contributed by atoms with Crippen LogP contribution in [0.2, 0.25) is 0 Å². The van der Waals surface area contributed by atoms with Crippen molar-refractivity contribution < 1.29 is 14.6 Å². The van der Waals surface area contributed by atoms with Gasteiger partial charge in [-0.1, -0.05) is 12.1 Å². The number of nitrogens with one attached hydrogen (secondary N) is 2. The maximum Gasteiger partial charge on any atom is 0.191 e. The van der Waals surface area contributed by atoms with Gasteiger partial charge in [0.15, 0.2) is 5.96 Å². The van der Waals surface area contributed by atoms with Gasteiger partial charge in [0, 0.05) is 38.8 Å². The molecule has 1 aromatic rings. The third-order valence-corrected chi connectivity index (χ3v) is 4.55. The lowest BCUT2D eigenvalue weighted by Crippen LogP contribution is -2.45. The van der Waals surface area contributed by atoms with Gasteiger partial charge in [-0.2, -0.15) is 0 Å². The minimum Gasteiger partial charge on any atom is -0.497 e. The molecule has 0 aromatic heterocycles. The van der Waals surface area contributed by atoms with Gasteiger partial charge in [-0.25, -0.2) is 0 Å². The first kappa shape index (κ1) is 22.0. The Kier molecular flexibility index (Phi) is 10.1. The van der Waals surface area contributed by atoms with Crippen molar-refractivity contribution >= 4 is 29.9 Å². The SMILES string of the molecule is CN=C(NCCc1ccc(OC)cc1)NCC1(CCO)CCOC1.I. The normalized spacial score (nSPS) is 20.0. The molecule has 1 unspecified atom stereocenters. The molecule has 1 fully saturated rings. The first-order chi connectivity index (χ1) is 11.7. The summed E-state index contributed by atoms with van der Waals surface area (Å²) in [5.41, 5.74) is 1.27. The van der Waals surface area contributed by atoms with Crippen LogP contribution >= 0.6 is 24.0 Å². The molecule has 2 rings (SSSR count). The Hall–Kier alpha value is -1.06. The van der Waals surface area contributed by atoms with Crippen LogP contribution in [0.15, 0.2) is 29.3 Å². The number of rotatable bonds is 8. The number of ether oxygens (including phenoxy) is 2. The minimum absolute atomic E-state index is 0. The van der Waals surface area contributed by atoms with Crippen LogP contribution in [0.5, 0.6) is 5.75 Å². The fraction of sp³-hybridized carbons (Fsp3) is 0.611. The summed E-state index contributed by atoms with van der Waals surface area (Å²) in [6.45, 7) is 3.22. The number of hydrogen-bond donors (Lipinski definition) is 3. The molecule has 0 aliphatic carbocycles. The molecule has 142 valence electrons. The van der Waals surface area contributed by atoms with Crippen molar-refractivity contribution in [2.24, 2.45) is 10.4 Å². The van der Waals surface area contributed by atoms with Crippen LogP contribution in [0.1, 0.15) is 18.4 Å². The second-order valence-electron chi connectivity index (χ2n) is 6.23. The van der Waals surface area contributed by atoms with Gasteiger partial charge in [0.25, 0.3) is 0 Å². The van der Waals surface area contributed by atoms with E-state index in [-0.39, 0.29) is 36.0 Å². The van der Waals surface area contributed by atoms with Crippen molar-refractivity contribution in [1.29, 1.82) is 0 Å². The predicted molar refractivity (Wildman–Crippen MR) is 111 cm³/mol. The summed E-state index contributed by atoms with van der Waals surface area (Å²) in [4.78, 5) is 4.27. The van der Waals surface area contributed by atoms with Crippen LogP contribution in [0, 0.1) is 5.41 Å². The molecule has 7 heteroatoms. The smallest absolute Gasteiger partial charge is 0.191 e. The van der Waals surface area contributed by atoms with Crippen molar-refractivity contribution in [3.8, 4) is 5.75 Å². The van der Waals surface area contributed by atoms with Gasteiger partial charge in [-0.05, 0) is 37.0 Å². The van der Waals surface area contributed by atoms with Crippen LogP contribution < -0.4 is 15.4 Å². The topological polar surface area (TPSA) is 75.1 Å². The minimum atomic E-state index is 0. The molecular formula is C18H30IN3O3. The second kappa shape index (κ2) is 11.5. The fourth-order valence-corrected chi connectivity index (χ4v) is 2.92. The largest absolute Gasteiger partial charge is 0.497 e. The number of aliphatic hydroxyl groups excluding tert-OH is 1. The van der Waals surface area contributed by atoms with E-state index in [0.717, 1.165) is 50.7 Å². The maximum absolute atomic E-state index is 9.28. The molecule has 0 spiro atoms. The Labute approximate surface area is 167 Å². The molecule has 1 aromatic carbocycles. The summed E-state index contributed by atoms with van der Waals surface area (Å²) >= 11 is 0. The molecule has 1 aliphatic rings. The summed E-state index contributed by atoms with van der Waals surface area (Å²) in [6.07, 6.45) is 2.64. The van der Waals surface area contributed by atoms with Crippen molar-refractivity contribution in [3.05, 3.63) is 29.8 Å². The summed E-state index contributed by atoms with van der Waals surface area (Å²) in [5, 5.41) is 16.0. The van der Waals surface area contributed by atoms with Gasteiger partial charge in [-0.15, -0.1) is 24.0 Å². The van der Waals surface area contributed by atoms with Gasteiger partial charge >= 0.3 is 0 Å². The standard InChI is InChI=1S/C18H29N3O3.HI/c1-19-17(21-13-18(8-11-22)9-12-24-14-18)20-10-7-15-3-5-16(23-2)6-4-15;/h3-6,22H,7-14H2,1-2H3,(H2,19,20,21);1H. The monoisotopic (exact) mass is 463 g/mol. The van der Waals surface area contributed by atoms with Crippen LogP contribution in [0.4, 0.5) is 0 Å². The molecule has 0 amide bonds. The van der Waals surface area contributed by atoms with Crippen molar-refractivity contribution in [2.45, 2.75) is 19.3 Å². The third-order valence-electron chi connectivity index (χ3n) is 4.55. The molecule has 1 aliphatic heterocycles. The molecular weight excluding hydrogens is 433 g/mol. The molecule has 1 heterocycles. The van der Waals surface area contributed by atoms with E-state index in [9.17, 15) is 5.11 Å². The molecule has 25 heavy (non-hydrogen) atoms. The van der Waals surface area contributed by atoms with E-state index < -0.39 is 0 Å². The van der Waals surface area contributed by atoms with Crippen molar-refractivity contribution in [3.63, 3.8) is 0 Å². The number of guanidine groups is 1. The average molecular weight is 463 g/mol. The number of methoxy groups -OCH3 is 1. The lowest BCUT2D eigenvalue weighted by atomic mass is 9.84. The molecule has 3 N–H and O–H groups in total. The second-order valence-corrected chi connectivity index (χ2v) is 6.23. The number of halogens is 1. The zero-order chi connectivity index (χ0) is 17.3. The summed E-state index contributed by atoms with van der Waals surface area (Å²) in [5.74, 6) is 1.66. The Morgan fingerprint density at radius 3 is 2.64 bits per heavy atom. The highest BCUT2D eigenvalue weighted by atomic mass is 127. The highest BCUT2D eigenvalue weighted by molar-refractivity contribution is 14.0. The first-order valence-electron chi connectivity index (χ1n) is 8.47. The quantitative estimate of drug-likeness (QED) is 0.312.